The molecular formula is C21H33N3O4. The van der Waals surface area contributed by atoms with E-state index in [-0.39, 0.29) is 23.8 Å². The predicted octanol–water partition coefficient (Wildman–Crippen LogP) is 2.91. The van der Waals surface area contributed by atoms with Crippen LogP contribution in [0.3, 0.4) is 0 Å². The van der Waals surface area contributed by atoms with Crippen molar-refractivity contribution < 1.29 is 14.3 Å². The van der Waals surface area contributed by atoms with Crippen molar-refractivity contribution in [3.05, 3.63) is 16.6 Å². The fraction of sp³-hybridized carbons (Fsp3) is 0.762. The van der Waals surface area contributed by atoms with Crippen LogP contribution in [-0.4, -0.2) is 35.6 Å². The first-order chi connectivity index (χ1) is 13.3. The van der Waals surface area contributed by atoms with E-state index in [2.05, 4.69) is 15.3 Å². The third-order valence-electron chi connectivity index (χ3n) is 5.52. The number of hydrogen-bond donors (Lipinski definition) is 2. The normalized spacial score (nSPS) is 24.5. The van der Waals surface area contributed by atoms with Crippen molar-refractivity contribution in [1.29, 1.82) is 0 Å². The van der Waals surface area contributed by atoms with Crippen LogP contribution in [0.4, 0.5) is 0 Å². The lowest BCUT2D eigenvalue weighted by Crippen LogP contribution is -2.37. The summed E-state index contributed by atoms with van der Waals surface area (Å²) in [7, 11) is 0. The van der Waals surface area contributed by atoms with Gasteiger partial charge in [-0.25, -0.2) is 4.79 Å². The van der Waals surface area contributed by atoms with Crippen molar-refractivity contribution in [2.75, 3.05) is 19.8 Å². The molecule has 2 bridgehead atoms. The summed E-state index contributed by atoms with van der Waals surface area (Å²) in [4.78, 5) is 30.1. The number of hydrogen-bond acceptors (Lipinski definition) is 5. The second-order valence-electron chi connectivity index (χ2n) is 9.57. The summed E-state index contributed by atoms with van der Waals surface area (Å²) in [5, 5.41) is 2.98. The number of rotatable bonds is 7. The van der Waals surface area contributed by atoms with Gasteiger partial charge >= 0.3 is 5.69 Å². The summed E-state index contributed by atoms with van der Waals surface area (Å²) in [6, 6.07) is 1.50. The van der Waals surface area contributed by atoms with Gasteiger partial charge in [0.1, 0.15) is 0 Å². The summed E-state index contributed by atoms with van der Waals surface area (Å²) >= 11 is 0. The molecule has 2 unspecified atom stereocenters. The Kier molecular flexibility index (Phi) is 6.62. The highest BCUT2D eigenvalue weighted by Crippen LogP contribution is 2.42. The summed E-state index contributed by atoms with van der Waals surface area (Å²) in [5.41, 5.74) is -0.603. The molecule has 1 aromatic rings. The molecule has 0 aromatic carbocycles. The molecule has 2 atom stereocenters. The number of aromatic amines is 1. The SMILES string of the molecule is CC(C)(C)COc1cc(OCC(=O)NCC2CC3CCCC(C3)C2)nc(=O)[nH]1. The zero-order valence-electron chi connectivity index (χ0n) is 17.3. The molecule has 2 saturated carbocycles. The van der Waals surface area contributed by atoms with Crippen LogP contribution in [0.25, 0.3) is 0 Å². The maximum Gasteiger partial charge on any atom is 0.351 e. The highest BCUT2D eigenvalue weighted by Gasteiger charge is 2.31. The van der Waals surface area contributed by atoms with Gasteiger partial charge in [-0.1, -0.05) is 40.0 Å². The Morgan fingerprint density at radius 3 is 2.61 bits per heavy atom. The number of nitrogens with zero attached hydrogens (tertiary/aromatic N) is 1. The molecule has 2 aliphatic rings. The predicted molar refractivity (Wildman–Crippen MR) is 106 cm³/mol. The van der Waals surface area contributed by atoms with Gasteiger partial charge in [-0.05, 0) is 42.4 Å². The molecule has 0 aliphatic heterocycles. The Bertz CT molecular complexity index is 713. The number of carbonyl (C=O) groups excluding carboxylic acids is 1. The summed E-state index contributed by atoms with van der Waals surface area (Å²) < 4.78 is 11.0. The average Bonchev–Trinajstić information content (AvgIpc) is 2.62. The second kappa shape index (κ2) is 8.97. The molecule has 1 amide bonds. The summed E-state index contributed by atoms with van der Waals surface area (Å²) in [6.45, 7) is 7.09. The standard InChI is InChI=1S/C21H33N3O4/c1-21(2,3)13-28-19-10-18(23-20(26)24-19)27-12-17(25)22-11-16-8-14-5-4-6-15(7-14)9-16/h10,14-16H,4-9,11-13H2,1-3H3,(H,22,25)(H,23,24,26). The third-order valence-corrected chi connectivity index (χ3v) is 5.52. The molecule has 0 saturated heterocycles. The van der Waals surface area contributed by atoms with E-state index in [9.17, 15) is 9.59 Å². The molecule has 2 N–H and O–H groups in total. The monoisotopic (exact) mass is 391 g/mol. The van der Waals surface area contributed by atoms with Crippen molar-refractivity contribution in [2.24, 2.45) is 23.2 Å². The number of H-pyrrole nitrogens is 1. The van der Waals surface area contributed by atoms with Gasteiger partial charge in [-0.15, -0.1) is 0 Å². The minimum atomic E-state index is -0.560. The minimum Gasteiger partial charge on any atom is -0.478 e. The summed E-state index contributed by atoms with van der Waals surface area (Å²) in [5.74, 6) is 2.46. The Balaban J connectivity index is 1.44. The molecule has 1 aromatic heterocycles. The minimum absolute atomic E-state index is 0.0430. The van der Waals surface area contributed by atoms with Crippen LogP contribution in [0.2, 0.25) is 0 Å². The molecule has 1 heterocycles. The third kappa shape index (κ3) is 6.53. The average molecular weight is 392 g/mol. The number of ether oxygens (including phenoxy) is 2. The summed E-state index contributed by atoms with van der Waals surface area (Å²) in [6.07, 6.45) is 7.88. The molecule has 2 fully saturated rings. The number of amides is 1. The van der Waals surface area contributed by atoms with Gasteiger partial charge in [0.2, 0.25) is 5.88 Å². The number of carbonyl (C=O) groups is 1. The lowest BCUT2D eigenvalue weighted by atomic mass is 9.68. The van der Waals surface area contributed by atoms with Crippen LogP contribution in [-0.2, 0) is 4.79 Å². The Morgan fingerprint density at radius 2 is 1.93 bits per heavy atom. The molecule has 7 nitrogen and oxygen atoms in total. The Morgan fingerprint density at radius 1 is 1.21 bits per heavy atom. The number of aromatic nitrogens is 2. The number of fused-ring (bicyclic) bond motifs is 2. The molecule has 156 valence electrons. The van der Waals surface area contributed by atoms with E-state index < -0.39 is 5.69 Å². The van der Waals surface area contributed by atoms with E-state index in [1.54, 1.807) is 0 Å². The highest BCUT2D eigenvalue weighted by atomic mass is 16.5. The van der Waals surface area contributed by atoms with Gasteiger partial charge in [0.25, 0.3) is 5.91 Å². The lowest BCUT2D eigenvalue weighted by molar-refractivity contribution is -0.123. The van der Waals surface area contributed by atoms with Crippen molar-refractivity contribution >= 4 is 5.91 Å². The zero-order valence-corrected chi connectivity index (χ0v) is 17.3. The fourth-order valence-corrected chi connectivity index (χ4v) is 4.34. The molecule has 0 spiro atoms. The van der Waals surface area contributed by atoms with Crippen molar-refractivity contribution in [2.45, 2.75) is 59.3 Å². The second-order valence-corrected chi connectivity index (χ2v) is 9.57. The molecule has 28 heavy (non-hydrogen) atoms. The first-order valence-corrected chi connectivity index (χ1v) is 10.4. The van der Waals surface area contributed by atoms with Gasteiger partial charge in [0.15, 0.2) is 12.5 Å². The van der Waals surface area contributed by atoms with E-state index in [0.29, 0.717) is 24.9 Å². The van der Waals surface area contributed by atoms with E-state index in [4.69, 9.17) is 9.47 Å². The van der Waals surface area contributed by atoms with Crippen LogP contribution in [0.15, 0.2) is 10.9 Å². The van der Waals surface area contributed by atoms with Crippen molar-refractivity contribution in [3.63, 3.8) is 0 Å². The maximum absolute atomic E-state index is 12.2. The van der Waals surface area contributed by atoms with Gasteiger partial charge in [-0.3, -0.25) is 9.78 Å². The largest absolute Gasteiger partial charge is 0.478 e. The lowest BCUT2D eigenvalue weighted by Gasteiger charge is -2.39. The number of nitrogens with one attached hydrogen (secondary N) is 2. The quantitative estimate of drug-likeness (QED) is 0.745. The van der Waals surface area contributed by atoms with Gasteiger partial charge in [0.05, 0.1) is 12.7 Å². The molecular weight excluding hydrogens is 358 g/mol. The van der Waals surface area contributed by atoms with Crippen molar-refractivity contribution in [1.82, 2.24) is 15.3 Å². The Labute approximate surface area is 166 Å². The highest BCUT2D eigenvalue weighted by molar-refractivity contribution is 5.77. The van der Waals surface area contributed by atoms with Crippen LogP contribution >= 0.6 is 0 Å². The van der Waals surface area contributed by atoms with Crippen molar-refractivity contribution in [3.8, 4) is 11.8 Å². The Hall–Kier alpha value is -2.05. The molecule has 2 aliphatic carbocycles. The maximum atomic E-state index is 12.2. The van der Waals surface area contributed by atoms with E-state index >= 15 is 0 Å². The van der Waals surface area contributed by atoms with Crippen LogP contribution in [0.1, 0.15) is 59.3 Å². The van der Waals surface area contributed by atoms with Crippen LogP contribution in [0.5, 0.6) is 11.8 Å². The van der Waals surface area contributed by atoms with Gasteiger partial charge in [0, 0.05) is 6.54 Å². The first-order valence-electron chi connectivity index (χ1n) is 10.4. The zero-order chi connectivity index (χ0) is 20.1. The molecule has 7 heteroatoms. The van der Waals surface area contributed by atoms with E-state index in [1.807, 2.05) is 20.8 Å². The smallest absolute Gasteiger partial charge is 0.351 e. The van der Waals surface area contributed by atoms with Crippen LogP contribution in [0, 0.1) is 23.2 Å². The van der Waals surface area contributed by atoms with Gasteiger partial charge < -0.3 is 14.8 Å². The molecule has 3 rings (SSSR count). The van der Waals surface area contributed by atoms with E-state index in [1.165, 1.54) is 44.6 Å². The topological polar surface area (TPSA) is 93.3 Å². The fourth-order valence-electron chi connectivity index (χ4n) is 4.34. The van der Waals surface area contributed by atoms with Crippen LogP contribution < -0.4 is 20.5 Å². The molecule has 0 radical (unpaired) electrons. The van der Waals surface area contributed by atoms with E-state index in [0.717, 1.165) is 11.8 Å². The van der Waals surface area contributed by atoms with Gasteiger partial charge in [-0.2, -0.15) is 4.98 Å². The first kappa shape index (κ1) is 20.7.